The van der Waals surface area contributed by atoms with E-state index in [2.05, 4.69) is 4.99 Å². The van der Waals surface area contributed by atoms with Gasteiger partial charge >= 0.3 is 0 Å². The zero-order valence-electron chi connectivity index (χ0n) is 5.36. The maximum absolute atomic E-state index is 8.27. The van der Waals surface area contributed by atoms with Crippen LogP contribution in [0.4, 0.5) is 0 Å². The van der Waals surface area contributed by atoms with Crippen LogP contribution in [-0.4, -0.2) is 6.21 Å². The second kappa shape index (κ2) is 3.41. The Morgan fingerprint density at radius 3 is 3.20 bits per heavy atom. The van der Waals surface area contributed by atoms with Gasteiger partial charge in [0.1, 0.15) is 0 Å². The number of hydrogen-bond acceptors (Lipinski definition) is 2. The molecule has 0 unspecified atom stereocenters. The van der Waals surface area contributed by atoms with Gasteiger partial charge in [0.2, 0.25) is 0 Å². The molecule has 48 valence electrons. The van der Waals surface area contributed by atoms with E-state index in [0.29, 0.717) is 0 Å². The lowest BCUT2D eigenvalue weighted by Crippen LogP contribution is -1.75. The molecule has 0 aromatic rings. The second-order valence-electron chi connectivity index (χ2n) is 1.75. The summed E-state index contributed by atoms with van der Waals surface area (Å²) in [6, 6.07) is 1.93. The zero-order chi connectivity index (χ0) is 7.23. The Kier molecular flexibility index (Phi) is 2.22. The summed E-state index contributed by atoms with van der Waals surface area (Å²) in [5.74, 6) is 0. The first-order chi connectivity index (χ1) is 4.93. The minimum absolute atomic E-state index is 0.826. The molecule has 0 bridgehead atoms. The van der Waals surface area contributed by atoms with Crippen LogP contribution in [0.2, 0.25) is 0 Å². The Labute approximate surface area is 59.5 Å². The van der Waals surface area contributed by atoms with E-state index in [9.17, 15) is 0 Å². The zero-order valence-corrected chi connectivity index (χ0v) is 5.36. The van der Waals surface area contributed by atoms with Gasteiger partial charge in [-0.25, -0.2) is 0 Å². The van der Waals surface area contributed by atoms with E-state index in [1.807, 2.05) is 24.3 Å². The van der Waals surface area contributed by atoms with Crippen molar-refractivity contribution in [1.82, 2.24) is 0 Å². The summed E-state index contributed by atoms with van der Waals surface area (Å²) in [4.78, 5) is 3.88. The van der Waals surface area contributed by atoms with Gasteiger partial charge in [-0.15, -0.1) is 0 Å². The maximum Gasteiger partial charge on any atom is 0.0918 e. The van der Waals surface area contributed by atoms with Crippen LogP contribution < -0.4 is 0 Å². The van der Waals surface area contributed by atoms with Gasteiger partial charge in [-0.1, -0.05) is 12.2 Å². The van der Waals surface area contributed by atoms with Crippen molar-refractivity contribution in [3.8, 4) is 6.07 Å². The third-order valence-corrected chi connectivity index (χ3v) is 1.03. The van der Waals surface area contributed by atoms with Crippen LogP contribution >= 0.6 is 0 Å². The van der Waals surface area contributed by atoms with E-state index in [1.54, 1.807) is 12.4 Å². The first-order valence-corrected chi connectivity index (χ1v) is 2.89. The quantitative estimate of drug-likeness (QED) is 0.458. The van der Waals surface area contributed by atoms with Crippen LogP contribution in [0.5, 0.6) is 0 Å². The fourth-order valence-electron chi connectivity index (χ4n) is 0.598. The average molecular weight is 130 g/mol. The van der Waals surface area contributed by atoms with E-state index in [0.717, 1.165) is 5.57 Å². The van der Waals surface area contributed by atoms with Crippen molar-refractivity contribution in [3.05, 3.63) is 36.1 Å². The van der Waals surface area contributed by atoms with Crippen molar-refractivity contribution in [2.45, 2.75) is 0 Å². The summed E-state index contributed by atoms with van der Waals surface area (Å²) >= 11 is 0. The lowest BCUT2D eigenvalue weighted by molar-refractivity contribution is 1.53. The van der Waals surface area contributed by atoms with Crippen LogP contribution in [-0.2, 0) is 0 Å². The van der Waals surface area contributed by atoms with Gasteiger partial charge < -0.3 is 0 Å². The fraction of sp³-hybridized carbons (Fsp3) is 0. The normalized spacial score (nSPS) is 18.9. The Morgan fingerprint density at radius 1 is 1.50 bits per heavy atom. The molecule has 0 fully saturated rings. The molecule has 1 rings (SSSR count). The molecule has 0 N–H and O–H groups in total. The number of aliphatic imine (C=N–C) groups is 1. The SMILES string of the molecule is N#CC=C1C=CC=CN=C1. The van der Waals surface area contributed by atoms with Crippen LogP contribution in [0.3, 0.4) is 0 Å². The Hall–Kier alpha value is -1.62. The van der Waals surface area contributed by atoms with Gasteiger partial charge in [0.05, 0.1) is 6.07 Å². The largest absolute Gasteiger partial charge is 0.264 e. The minimum Gasteiger partial charge on any atom is -0.264 e. The van der Waals surface area contributed by atoms with Gasteiger partial charge in [-0.05, 0) is 6.08 Å². The van der Waals surface area contributed by atoms with E-state index >= 15 is 0 Å². The third-order valence-electron chi connectivity index (χ3n) is 1.03. The van der Waals surface area contributed by atoms with Crippen molar-refractivity contribution in [3.63, 3.8) is 0 Å². The topological polar surface area (TPSA) is 36.1 Å². The van der Waals surface area contributed by atoms with Crippen molar-refractivity contribution < 1.29 is 0 Å². The van der Waals surface area contributed by atoms with Gasteiger partial charge in [0, 0.05) is 24.1 Å². The highest BCUT2D eigenvalue weighted by Crippen LogP contribution is 1.97. The highest BCUT2D eigenvalue weighted by molar-refractivity contribution is 5.83. The molecule has 2 heteroatoms. The number of nitrogens with zero attached hydrogens (tertiary/aromatic N) is 2. The molecular formula is C8H6N2. The second-order valence-corrected chi connectivity index (χ2v) is 1.75. The van der Waals surface area contributed by atoms with E-state index in [4.69, 9.17) is 5.26 Å². The molecule has 2 nitrogen and oxygen atoms in total. The fourth-order valence-corrected chi connectivity index (χ4v) is 0.598. The molecule has 0 aliphatic carbocycles. The Balaban J connectivity index is 2.85. The monoisotopic (exact) mass is 130 g/mol. The van der Waals surface area contributed by atoms with Crippen LogP contribution in [0, 0.1) is 11.3 Å². The van der Waals surface area contributed by atoms with Crippen molar-refractivity contribution in [2.75, 3.05) is 0 Å². The van der Waals surface area contributed by atoms with Crippen LogP contribution in [0.15, 0.2) is 41.1 Å². The third kappa shape index (κ3) is 1.71. The van der Waals surface area contributed by atoms with E-state index < -0.39 is 0 Å². The lowest BCUT2D eigenvalue weighted by Gasteiger charge is -1.82. The van der Waals surface area contributed by atoms with Crippen molar-refractivity contribution in [1.29, 1.82) is 5.26 Å². The summed E-state index contributed by atoms with van der Waals surface area (Å²) in [7, 11) is 0. The number of rotatable bonds is 0. The molecule has 1 aliphatic heterocycles. The molecule has 1 aliphatic rings. The number of allylic oxidation sites excluding steroid dienone is 5. The van der Waals surface area contributed by atoms with Crippen molar-refractivity contribution >= 4 is 6.21 Å². The average Bonchev–Trinajstić information content (AvgIpc) is 2.17. The molecule has 0 aromatic carbocycles. The highest BCUT2D eigenvalue weighted by atomic mass is 14.7. The Bertz CT molecular complexity index is 243. The molecule has 1 heterocycles. The summed E-state index contributed by atoms with van der Waals surface area (Å²) in [6.45, 7) is 0. The van der Waals surface area contributed by atoms with Crippen molar-refractivity contribution in [2.24, 2.45) is 4.99 Å². The molecule has 0 atom stereocenters. The molecule has 0 amide bonds. The first kappa shape index (κ1) is 6.50. The Morgan fingerprint density at radius 2 is 2.40 bits per heavy atom. The smallest absolute Gasteiger partial charge is 0.0918 e. The van der Waals surface area contributed by atoms with Gasteiger partial charge in [-0.2, -0.15) is 5.26 Å². The summed E-state index contributed by atoms with van der Waals surface area (Å²) in [5.41, 5.74) is 0.826. The van der Waals surface area contributed by atoms with E-state index in [1.165, 1.54) is 6.08 Å². The van der Waals surface area contributed by atoms with Gasteiger partial charge in [-0.3, -0.25) is 4.99 Å². The van der Waals surface area contributed by atoms with Crippen LogP contribution in [0.25, 0.3) is 0 Å². The van der Waals surface area contributed by atoms with Gasteiger partial charge in [0.25, 0.3) is 0 Å². The first-order valence-electron chi connectivity index (χ1n) is 2.89. The summed E-state index contributed by atoms with van der Waals surface area (Å²) in [5, 5.41) is 8.27. The van der Waals surface area contributed by atoms with Crippen LogP contribution in [0.1, 0.15) is 0 Å². The molecule has 0 saturated heterocycles. The molecule has 0 spiro atoms. The molecule has 0 radical (unpaired) electrons. The molecule has 0 aromatic heterocycles. The molecule has 10 heavy (non-hydrogen) atoms. The molecule has 0 saturated carbocycles. The molecular weight excluding hydrogens is 124 g/mol. The lowest BCUT2D eigenvalue weighted by atomic mass is 10.2. The predicted molar refractivity (Wildman–Crippen MR) is 40.5 cm³/mol. The number of hydrogen-bond donors (Lipinski definition) is 0. The highest BCUT2D eigenvalue weighted by Gasteiger charge is 1.85. The standard InChI is InChI=1S/C8H6N2/c9-5-4-8-3-1-2-6-10-7-8/h1-4,6-7H. The van der Waals surface area contributed by atoms with Gasteiger partial charge in [0.15, 0.2) is 0 Å². The predicted octanol–water partition coefficient (Wildman–Crippen LogP) is 1.59. The summed E-state index contributed by atoms with van der Waals surface area (Å²) in [6.07, 6.45) is 10.3. The maximum atomic E-state index is 8.27. The number of nitriles is 1. The minimum atomic E-state index is 0.826. The summed E-state index contributed by atoms with van der Waals surface area (Å²) < 4.78 is 0. The van der Waals surface area contributed by atoms with E-state index in [-0.39, 0.29) is 0 Å².